The van der Waals surface area contributed by atoms with Gasteiger partial charge in [-0.2, -0.15) is 10.1 Å². The van der Waals surface area contributed by atoms with Gasteiger partial charge in [-0.3, -0.25) is 0 Å². The molecule has 2 aromatic rings. The van der Waals surface area contributed by atoms with Crippen molar-refractivity contribution in [3.05, 3.63) is 28.9 Å². The highest BCUT2D eigenvalue weighted by Crippen LogP contribution is 2.32. The van der Waals surface area contributed by atoms with Crippen molar-refractivity contribution < 1.29 is 4.74 Å². The highest BCUT2D eigenvalue weighted by atomic mass is 35.5. The fourth-order valence-corrected chi connectivity index (χ4v) is 2.00. The molecule has 1 heterocycles. The van der Waals surface area contributed by atoms with Crippen LogP contribution in [0.2, 0.25) is 5.02 Å². The summed E-state index contributed by atoms with van der Waals surface area (Å²) in [6, 6.07) is 3.64. The average molecular weight is 322 g/mol. The number of hydrogen-bond donors (Lipinski definition) is 2. The number of hydrogen-bond acceptors (Lipinski definition) is 6. The van der Waals surface area contributed by atoms with E-state index in [0.717, 1.165) is 11.3 Å². The number of benzene rings is 1. The molecule has 1 aromatic heterocycles. The van der Waals surface area contributed by atoms with Crippen LogP contribution in [0.4, 0.5) is 17.5 Å². The Kier molecular flexibility index (Phi) is 4.71. The molecule has 6 nitrogen and oxygen atoms in total. The average Bonchev–Trinajstić information content (AvgIpc) is 2.41. The van der Waals surface area contributed by atoms with Gasteiger partial charge in [0.2, 0.25) is 5.95 Å². The van der Waals surface area contributed by atoms with E-state index < -0.39 is 0 Å². The van der Waals surface area contributed by atoms with Gasteiger partial charge in [-0.1, -0.05) is 11.6 Å². The first-order valence-corrected chi connectivity index (χ1v) is 7.25. The van der Waals surface area contributed by atoms with Gasteiger partial charge in [-0.05, 0) is 39.3 Å². The van der Waals surface area contributed by atoms with Gasteiger partial charge in [0.25, 0.3) is 0 Å². The SMILES string of the molecule is COc1cc(Cl)c(C)cc1Nc1nncc(NC(C)(C)C)n1. The van der Waals surface area contributed by atoms with Crippen molar-refractivity contribution >= 4 is 29.1 Å². The van der Waals surface area contributed by atoms with Crippen LogP contribution >= 0.6 is 11.6 Å². The lowest BCUT2D eigenvalue weighted by Crippen LogP contribution is -2.27. The summed E-state index contributed by atoms with van der Waals surface area (Å²) >= 11 is 6.10. The molecule has 0 amide bonds. The molecule has 0 unspecified atom stereocenters. The maximum atomic E-state index is 6.10. The first kappa shape index (κ1) is 16.3. The van der Waals surface area contributed by atoms with Gasteiger partial charge in [0, 0.05) is 16.6 Å². The second-order valence-corrected chi connectivity index (χ2v) is 6.37. The first-order chi connectivity index (χ1) is 10.3. The largest absolute Gasteiger partial charge is 0.495 e. The Morgan fingerprint density at radius 3 is 2.59 bits per heavy atom. The maximum Gasteiger partial charge on any atom is 0.249 e. The van der Waals surface area contributed by atoms with Crippen molar-refractivity contribution in [1.29, 1.82) is 0 Å². The fraction of sp³-hybridized carbons (Fsp3) is 0.400. The summed E-state index contributed by atoms with van der Waals surface area (Å²) in [5, 5.41) is 15.0. The first-order valence-electron chi connectivity index (χ1n) is 6.87. The Morgan fingerprint density at radius 1 is 1.23 bits per heavy atom. The molecule has 2 N–H and O–H groups in total. The summed E-state index contributed by atoms with van der Waals surface area (Å²) < 4.78 is 5.33. The van der Waals surface area contributed by atoms with Crippen LogP contribution in [0, 0.1) is 6.92 Å². The summed E-state index contributed by atoms with van der Waals surface area (Å²) in [7, 11) is 1.59. The summed E-state index contributed by atoms with van der Waals surface area (Å²) in [5.41, 5.74) is 1.56. The predicted octanol–water partition coefficient (Wildman–Crippen LogP) is 3.80. The lowest BCUT2D eigenvalue weighted by molar-refractivity contribution is 0.416. The second-order valence-electron chi connectivity index (χ2n) is 5.97. The molecule has 2 rings (SSSR count). The van der Waals surface area contributed by atoms with E-state index in [2.05, 4.69) is 25.8 Å². The third kappa shape index (κ3) is 4.21. The van der Waals surface area contributed by atoms with E-state index in [1.165, 1.54) is 0 Å². The zero-order chi connectivity index (χ0) is 16.3. The van der Waals surface area contributed by atoms with Crippen LogP contribution in [0.5, 0.6) is 5.75 Å². The summed E-state index contributed by atoms with van der Waals surface area (Å²) in [4.78, 5) is 4.40. The van der Waals surface area contributed by atoms with Crippen LogP contribution in [-0.4, -0.2) is 27.8 Å². The Bertz CT molecular complexity index is 669. The minimum absolute atomic E-state index is 0.109. The van der Waals surface area contributed by atoms with Crippen LogP contribution < -0.4 is 15.4 Å². The molecule has 0 radical (unpaired) electrons. The molecule has 0 aliphatic heterocycles. The molecular weight excluding hydrogens is 302 g/mol. The fourth-order valence-electron chi connectivity index (χ4n) is 1.85. The molecule has 22 heavy (non-hydrogen) atoms. The monoisotopic (exact) mass is 321 g/mol. The number of ether oxygens (including phenoxy) is 1. The topological polar surface area (TPSA) is 72.0 Å². The molecular formula is C15H20ClN5O. The van der Waals surface area contributed by atoms with Crippen LogP contribution in [-0.2, 0) is 0 Å². The van der Waals surface area contributed by atoms with Crippen molar-refractivity contribution in [2.45, 2.75) is 33.2 Å². The van der Waals surface area contributed by atoms with E-state index in [-0.39, 0.29) is 5.54 Å². The quantitative estimate of drug-likeness (QED) is 0.892. The lowest BCUT2D eigenvalue weighted by Gasteiger charge is -2.21. The molecule has 0 aliphatic carbocycles. The van der Waals surface area contributed by atoms with E-state index in [0.29, 0.717) is 22.5 Å². The molecule has 0 bridgehead atoms. The van der Waals surface area contributed by atoms with Crippen LogP contribution in [0.3, 0.4) is 0 Å². The number of aryl methyl sites for hydroxylation is 1. The zero-order valence-corrected chi connectivity index (χ0v) is 14.1. The van der Waals surface area contributed by atoms with E-state index in [9.17, 15) is 0 Å². The smallest absolute Gasteiger partial charge is 0.249 e. The van der Waals surface area contributed by atoms with Crippen molar-refractivity contribution in [2.75, 3.05) is 17.7 Å². The normalized spacial score (nSPS) is 11.2. The molecule has 1 aromatic carbocycles. The number of anilines is 3. The summed E-state index contributed by atoms with van der Waals surface area (Å²) in [6.45, 7) is 8.07. The molecule has 7 heteroatoms. The predicted molar refractivity (Wildman–Crippen MR) is 89.2 cm³/mol. The maximum absolute atomic E-state index is 6.10. The Balaban J connectivity index is 2.28. The van der Waals surface area contributed by atoms with E-state index in [1.807, 2.05) is 33.8 Å². The Morgan fingerprint density at radius 2 is 1.95 bits per heavy atom. The molecule has 118 valence electrons. The van der Waals surface area contributed by atoms with E-state index >= 15 is 0 Å². The van der Waals surface area contributed by atoms with Gasteiger partial charge < -0.3 is 15.4 Å². The van der Waals surface area contributed by atoms with Crippen LogP contribution in [0.1, 0.15) is 26.3 Å². The van der Waals surface area contributed by atoms with Gasteiger partial charge in [-0.15, -0.1) is 5.10 Å². The number of rotatable bonds is 4. The summed E-state index contributed by atoms with van der Waals surface area (Å²) in [6.07, 6.45) is 1.58. The minimum atomic E-state index is -0.109. The third-order valence-corrected chi connectivity index (χ3v) is 3.20. The number of nitrogens with zero attached hydrogens (tertiary/aromatic N) is 3. The molecule has 0 aliphatic rings. The summed E-state index contributed by atoms with van der Waals surface area (Å²) in [5.74, 6) is 1.65. The highest BCUT2D eigenvalue weighted by molar-refractivity contribution is 6.31. The highest BCUT2D eigenvalue weighted by Gasteiger charge is 2.13. The number of nitrogens with one attached hydrogen (secondary N) is 2. The van der Waals surface area contributed by atoms with E-state index in [1.54, 1.807) is 19.4 Å². The molecule has 0 spiro atoms. The standard InChI is InChI=1S/C15H20ClN5O/c1-9-6-11(12(22-5)7-10(9)16)18-14-19-13(8-17-21-14)20-15(2,3)4/h6-8H,1-5H3,(H2,18,19,20,21). The number of aromatic nitrogens is 3. The molecule has 0 saturated heterocycles. The molecule has 0 fully saturated rings. The van der Waals surface area contributed by atoms with Crippen molar-refractivity contribution in [3.63, 3.8) is 0 Å². The van der Waals surface area contributed by atoms with Gasteiger partial charge in [0.1, 0.15) is 5.75 Å². The second kappa shape index (κ2) is 6.36. The van der Waals surface area contributed by atoms with Gasteiger partial charge in [0.05, 0.1) is 19.0 Å². The van der Waals surface area contributed by atoms with Crippen molar-refractivity contribution in [1.82, 2.24) is 15.2 Å². The number of halogens is 1. The Labute approximate surface area is 135 Å². The van der Waals surface area contributed by atoms with E-state index in [4.69, 9.17) is 16.3 Å². The van der Waals surface area contributed by atoms with Gasteiger partial charge in [0.15, 0.2) is 5.82 Å². The van der Waals surface area contributed by atoms with Crippen LogP contribution in [0.15, 0.2) is 18.3 Å². The lowest BCUT2D eigenvalue weighted by atomic mass is 10.1. The third-order valence-electron chi connectivity index (χ3n) is 2.79. The zero-order valence-electron chi connectivity index (χ0n) is 13.4. The Hall–Kier alpha value is -2.08. The van der Waals surface area contributed by atoms with Gasteiger partial charge in [-0.25, -0.2) is 0 Å². The van der Waals surface area contributed by atoms with Gasteiger partial charge >= 0.3 is 0 Å². The van der Waals surface area contributed by atoms with Crippen LogP contribution in [0.25, 0.3) is 0 Å². The van der Waals surface area contributed by atoms with Crippen molar-refractivity contribution in [2.24, 2.45) is 0 Å². The molecule has 0 atom stereocenters. The number of methoxy groups -OCH3 is 1. The minimum Gasteiger partial charge on any atom is -0.495 e. The molecule has 0 saturated carbocycles. The van der Waals surface area contributed by atoms with Crippen molar-refractivity contribution in [3.8, 4) is 5.75 Å².